The third kappa shape index (κ3) is 4.74. The Kier molecular flexibility index (Phi) is 7.43. The van der Waals surface area contributed by atoms with E-state index in [4.69, 9.17) is 14.2 Å². The van der Waals surface area contributed by atoms with E-state index in [-0.39, 0.29) is 29.3 Å². The van der Waals surface area contributed by atoms with Gasteiger partial charge in [-0.15, -0.1) is 0 Å². The van der Waals surface area contributed by atoms with Crippen molar-refractivity contribution in [3.63, 3.8) is 0 Å². The molecule has 0 aliphatic carbocycles. The van der Waals surface area contributed by atoms with Crippen LogP contribution in [0.25, 0.3) is 10.8 Å². The van der Waals surface area contributed by atoms with E-state index in [1.165, 1.54) is 14.2 Å². The van der Waals surface area contributed by atoms with Crippen molar-refractivity contribution in [1.29, 1.82) is 0 Å². The molecule has 0 bridgehead atoms. The first-order valence-electron chi connectivity index (χ1n) is 11.1. The van der Waals surface area contributed by atoms with E-state index in [0.29, 0.717) is 60.5 Å². The van der Waals surface area contributed by atoms with Crippen molar-refractivity contribution in [2.45, 2.75) is 40.2 Å². The summed E-state index contributed by atoms with van der Waals surface area (Å²) in [6, 6.07) is 3.30. The highest BCUT2D eigenvalue weighted by Crippen LogP contribution is 2.33. The smallest absolute Gasteiger partial charge is 0.310 e. The van der Waals surface area contributed by atoms with E-state index in [1.54, 1.807) is 34.7 Å². The molecule has 0 radical (unpaired) electrons. The lowest BCUT2D eigenvalue weighted by Gasteiger charge is -2.32. The molecular formula is C24H32N2O6. The predicted molar refractivity (Wildman–Crippen MR) is 121 cm³/mol. The Hall–Kier alpha value is -3.03. The topological polar surface area (TPSA) is 87.1 Å². The van der Waals surface area contributed by atoms with Crippen LogP contribution in [0.15, 0.2) is 23.1 Å². The third-order valence-electron chi connectivity index (χ3n) is 5.71. The molecule has 174 valence electrons. The number of pyridine rings is 1. The molecule has 1 fully saturated rings. The molecule has 1 atom stereocenters. The van der Waals surface area contributed by atoms with Gasteiger partial charge in [0.05, 0.1) is 37.7 Å². The zero-order valence-corrected chi connectivity index (χ0v) is 19.5. The van der Waals surface area contributed by atoms with Gasteiger partial charge in [-0.25, -0.2) is 0 Å². The number of esters is 1. The minimum Gasteiger partial charge on any atom is -0.493 e. The summed E-state index contributed by atoms with van der Waals surface area (Å²) in [7, 11) is 3.02. The van der Waals surface area contributed by atoms with Gasteiger partial charge in [0.2, 0.25) is 0 Å². The van der Waals surface area contributed by atoms with Crippen LogP contribution in [0.5, 0.6) is 11.5 Å². The summed E-state index contributed by atoms with van der Waals surface area (Å²) < 4.78 is 17.5. The fourth-order valence-electron chi connectivity index (χ4n) is 4.20. The third-order valence-corrected chi connectivity index (χ3v) is 5.71. The average Bonchev–Trinajstić information content (AvgIpc) is 2.79. The highest BCUT2D eigenvalue weighted by molar-refractivity contribution is 6.07. The van der Waals surface area contributed by atoms with Gasteiger partial charge in [-0.2, -0.15) is 0 Å². The minimum atomic E-state index is -0.338. The highest BCUT2D eigenvalue weighted by Gasteiger charge is 2.31. The van der Waals surface area contributed by atoms with E-state index < -0.39 is 0 Å². The maximum Gasteiger partial charge on any atom is 0.310 e. The fourth-order valence-corrected chi connectivity index (χ4v) is 4.20. The van der Waals surface area contributed by atoms with Crippen LogP contribution in [0.1, 0.15) is 44.0 Å². The molecule has 8 nitrogen and oxygen atoms in total. The van der Waals surface area contributed by atoms with Crippen LogP contribution in [0.2, 0.25) is 0 Å². The molecule has 1 aromatic carbocycles. The van der Waals surface area contributed by atoms with Crippen LogP contribution in [-0.2, 0) is 16.1 Å². The number of benzene rings is 1. The maximum atomic E-state index is 13.6. The van der Waals surface area contributed by atoms with E-state index in [9.17, 15) is 14.4 Å². The Morgan fingerprint density at radius 3 is 2.38 bits per heavy atom. The number of aromatic nitrogens is 1. The Morgan fingerprint density at radius 2 is 1.78 bits per heavy atom. The molecule has 1 aromatic heterocycles. The van der Waals surface area contributed by atoms with Gasteiger partial charge in [0.1, 0.15) is 0 Å². The van der Waals surface area contributed by atoms with Gasteiger partial charge in [-0.05, 0) is 37.8 Å². The zero-order chi connectivity index (χ0) is 23.4. The number of rotatable bonds is 7. The molecule has 8 heteroatoms. The molecule has 32 heavy (non-hydrogen) atoms. The van der Waals surface area contributed by atoms with Crippen molar-refractivity contribution < 1.29 is 23.8 Å². The van der Waals surface area contributed by atoms with E-state index in [0.717, 1.165) is 6.42 Å². The van der Waals surface area contributed by atoms with Gasteiger partial charge in [-0.3, -0.25) is 14.4 Å². The van der Waals surface area contributed by atoms with Crippen molar-refractivity contribution in [2.24, 2.45) is 11.8 Å². The van der Waals surface area contributed by atoms with Crippen LogP contribution in [0.4, 0.5) is 0 Å². The van der Waals surface area contributed by atoms with Gasteiger partial charge >= 0.3 is 5.97 Å². The van der Waals surface area contributed by atoms with Crippen molar-refractivity contribution in [3.05, 3.63) is 34.2 Å². The summed E-state index contributed by atoms with van der Waals surface area (Å²) in [4.78, 5) is 40.7. The second-order valence-corrected chi connectivity index (χ2v) is 8.49. The van der Waals surface area contributed by atoms with Gasteiger partial charge in [-0.1, -0.05) is 13.8 Å². The van der Waals surface area contributed by atoms with Crippen LogP contribution < -0.4 is 15.0 Å². The van der Waals surface area contributed by atoms with Crippen molar-refractivity contribution in [1.82, 2.24) is 9.47 Å². The molecule has 0 N–H and O–H groups in total. The summed E-state index contributed by atoms with van der Waals surface area (Å²) in [6.45, 7) is 7.45. The SMILES string of the molecule is CCOC(=O)[C@@H]1CCCN(C(=O)c2cn(CC(C)C)c(=O)c3cc(OC)c(OC)cc23)C1. The first kappa shape index (κ1) is 23.6. The standard InChI is InChI=1S/C24H32N2O6/c1-6-32-24(29)16-8-7-9-25(13-16)23(28)19-14-26(12-15(2)3)22(27)18-11-21(31-5)20(30-4)10-17(18)19/h10-11,14-16H,6-9,12-13H2,1-5H3/t16-/m1/s1. The first-order chi connectivity index (χ1) is 15.3. The summed E-state index contributed by atoms with van der Waals surface area (Å²) in [5.41, 5.74) is 0.222. The molecule has 1 aliphatic rings. The zero-order valence-electron chi connectivity index (χ0n) is 19.5. The number of amides is 1. The quantitative estimate of drug-likeness (QED) is 0.610. The molecule has 2 heterocycles. The van der Waals surface area contributed by atoms with Gasteiger partial charge in [0.25, 0.3) is 11.5 Å². The van der Waals surface area contributed by atoms with Gasteiger partial charge < -0.3 is 23.7 Å². The Morgan fingerprint density at radius 1 is 1.12 bits per heavy atom. The molecule has 1 amide bonds. The summed E-state index contributed by atoms with van der Waals surface area (Å²) in [5, 5.41) is 0.906. The van der Waals surface area contributed by atoms with Crippen LogP contribution in [0, 0.1) is 11.8 Å². The molecule has 2 aromatic rings. The molecule has 0 unspecified atom stereocenters. The number of piperidine rings is 1. The normalized spacial score (nSPS) is 16.3. The number of carbonyl (C=O) groups excluding carboxylic acids is 2. The van der Waals surface area contributed by atoms with Crippen molar-refractivity contribution in [2.75, 3.05) is 33.9 Å². The summed E-state index contributed by atoms with van der Waals surface area (Å²) >= 11 is 0. The van der Waals surface area contributed by atoms with Gasteiger partial charge in [0, 0.05) is 31.2 Å². The number of fused-ring (bicyclic) bond motifs is 1. The van der Waals surface area contributed by atoms with E-state index in [2.05, 4.69) is 0 Å². The molecule has 3 rings (SSSR count). The van der Waals surface area contributed by atoms with Crippen LogP contribution in [0.3, 0.4) is 0 Å². The second kappa shape index (κ2) is 10.1. The monoisotopic (exact) mass is 444 g/mol. The van der Waals surface area contributed by atoms with Crippen LogP contribution in [-0.4, -0.2) is 55.3 Å². The lowest BCUT2D eigenvalue weighted by atomic mass is 9.97. The highest BCUT2D eigenvalue weighted by atomic mass is 16.5. The average molecular weight is 445 g/mol. The van der Waals surface area contributed by atoms with E-state index in [1.807, 2.05) is 13.8 Å². The van der Waals surface area contributed by atoms with Crippen LogP contribution >= 0.6 is 0 Å². The molecular weight excluding hydrogens is 412 g/mol. The number of hydrogen-bond acceptors (Lipinski definition) is 6. The number of likely N-dealkylation sites (tertiary alicyclic amines) is 1. The number of ether oxygens (including phenoxy) is 3. The lowest BCUT2D eigenvalue weighted by molar-refractivity contribution is -0.149. The Bertz CT molecular complexity index is 1060. The molecule has 0 saturated carbocycles. The maximum absolute atomic E-state index is 13.6. The first-order valence-corrected chi connectivity index (χ1v) is 11.1. The molecule has 1 aliphatic heterocycles. The van der Waals surface area contributed by atoms with Crippen molar-refractivity contribution in [3.8, 4) is 11.5 Å². The number of carbonyl (C=O) groups is 2. The van der Waals surface area contributed by atoms with Crippen molar-refractivity contribution >= 4 is 22.6 Å². The summed E-state index contributed by atoms with van der Waals surface area (Å²) in [5.74, 6) is 0.266. The largest absolute Gasteiger partial charge is 0.493 e. The molecule has 1 saturated heterocycles. The van der Waals surface area contributed by atoms with E-state index >= 15 is 0 Å². The van der Waals surface area contributed by atoms with Gasteiger partial charge in [0.15, 0.2) is 11.5 Å². The number of methoxy groups -OCH3 is 2. The number of hydrogen-bond donors (Lipinski definition) is 0. The second-order valence-electron chi connectivity index (χ2n) is 8.49. The predicted octanol–water partition coefficient (Wildman–Crippen LogP) is 3.09. The summed E-state index contributed by atoms with van der Waals surface area (Å²) in [6.07, 6.45) is 3.05. The lowest BCUT2D eigenvalue weighted by Crippen LogP contribution is -2.43. The Labute approximate surface area is 188 Å². The number of nitrogens with zero attached hydrogens (tertiary/aromatic N) is 2. The Balaban J connectivity index is 2.11. The fraction of sp³-hybridized carbons (Fsp3) is 0.542. The molecule has 0 spiro atoms. The minimum absolute atomic E-state index is 0.186.